The maximum absolute atomic E-state index is 11.2. The summed E-state index contributed by atoms with van der Waals surface area (Å²) in [6.45, 7) is 1.89. The highest BCUT2D eigenvalue weighted by molar-refractivity contribution is 5.89. The van der Waals surface area contributed by atoms with Gasteiger partial charge in [-0.05, 0) is 48.6 Å². The van der Waals surface area contributed by atoms with Crippen molar-refractivity contribution in [1.82, 2.24) is 4.98 Å². The molecule has 0 amide bonds. The van der Waals surface area contributed by atoms with E-state index in [1.165, 1.54) is 5.56 Å². The molecule has 1 atom stereocenters. The quantitative estimate of drug-likeness (QED) is 0.894. The molecule has 96 valence electrons. The fourth-order valence-corrected chi connectivity index (χ4v) is 2.98. The second kappa shape index (κ2) is 4.50. The average molecular weight is 253 g/mol. The monoisotopic (exact) mass is 253 g/mol. The Bertz CT molecular complexity index is 649. The van der Waals surface area contributed by atoms with Crippen molar-refractivity contribution in [3.8, 4) is 0 Å². The molecule has 1 aliphatic carbocycles. The lowest BCUT2D eigenvalue weighted by Crippen LogP contribution is -2.06. The first-order chi connectivity index (χ1) is 9.18. The van der Waals surface area contributed by atoms with Crippen molar-refractivity contribution < 1.29 is 9.90 Å². The maximum atomic E-state index is 11.2. The molecule has 0 saturated carbocycles. The van der Waals surface area contributed by atoms with Crippen molar-refractivity contribution in [3.05, 3.63) is 64.5 Å². The van der Waals surface area contributed by atoms with Crippen molar-refractivity contribution in [1.29, 1.82) is 0 Å². The molecule has 1 N–H and O–H groups in total. The van der Waals surface area contributed by atoms with E-state index in [1.54, 1.807) is 6.07 Å². The summed E-state index contributed by atoms with van der Waals surface area (Å²) in [5.74, 6) is -0.630. The van der Waals surface area contributed by atoms with Crippen LogP contribution in [0.5, 0.6) is 0 Å². The summed E-state index contributed by atoms with van der Waals surface area (Å²) in [7, 11) is 0. The number of aryl methyl sites for hydroxylation is 1. The summed E-state index contributed by atoms with van der Waals surface area (Å²) >= 11 is 0. The second-order valence-electron chi connectivity index (χ2n) is 4.96. The second-order valence-corrected chi connectivity index (χ2v) is 4.96. The minimum absolute atomic E-state index is 0.232. The third-order valence-electron chi connectivity index (χ3n) is 3.94. The first-order valence-corrected chi connectivity index (χ1v) is 6.45. The van der Waals surface area contributed by atoms with Crippen LogP contribution >= 0.6 is 0 Å². The molecule has 3 rings (SSSR count). The van der Waals surface area contributed by atoms with Crippen LogP contribution in [0.4, 0.5) is 0 Å². The van der Waals surface area contributed by atoms with E-state index in [0.717, 1.165) is 29.7 Å². The average Bonchev–Trinajstić information content (AvgIpc) is 2.82. The Hall–Kier alpha value is -2.16. The number of nitrogens with zero attached hydrogens (tertiary/aromatic N) is 1. The molecule has 0 saturated heterocycles. The SMILES string of the molecule is Cc1c(C(=O)O)cccc1C1CCc2cccnc21. The first kappa shape index (κ1) is 11.9. The Balaban J connectivity index is 2.10. The predicted molar refractivity (Wildman–Crippen MR) is 72.5 cm³/mol. The van der Waals surface area contributed by atoms with Crippen LogP contribution < -0.4 is 0 Å². The van der Waals surface area contributed by atoms with Crippen molar-refractivity contribution >= 4 is 5.97 Å². The molecule has 1 aliphatic rings. The number of aromatic nitrogens is 1. The normalized spacial score (nSPS) is 17.2. The first-order valence-electron chi connectivity index (χ1n) is 6.45. The van der Waals surface area contributed by atoms with Crippen molar-refractivity contribution in [2.75, 3.05) is 0 Å². The highest BCUT2D eigenvalue weighted by Gasteiger charge is 2.27. The van der Waals surface area contributed by atoms with Gasteiger partial charge in [-0.1, -0.05) is 18.2 Å². The Morgan fingerprint density at radius 2 is 2.16 bits per heavy atom. The van der Waals surface area contributed by atoms with Gasteiger partial charge in [-0.25, -0.2) is 4.79 Å². The van der Waals surface area contributed by atoms with Gasteiger partial charge in [0.1, 0.15) is 0 Å². The molecule has 0 bridgehead atoms. The minimum Gasteiger partial charge on any atom is -0.478 e. The molecule has 1 unspecified atom stereocenters. The summed E-state index contributed by atoms with van der Waals surface area (Å²) in [4.78, 5) is 15.7. The van der Waals surface area contributed by atoms with Gasteiger partial charge in [0.05, 0.1) is 11.3 Å². The van der Waals surface area contributed by atoms with E-state index in [4.69, 9.17) is 0 Å². The molecule has 0 fully saturated rings. The van der Waals surface area contributed by atoms with Gasteiger partial charge in [-0.3, -0.25) is 4.98 Å². The Morgan fingerprint density at radius 3 is 2.95 bits per heavy atom. The van der Waals surface area contributed by atoms with Crippen LogP contribution in [0.25, 0.3) is 0 Å². The van der Waals surface area contributed by atoms with E-state index in [1.807, 2.05) is 31.3 Å². The van der Waals surface area contributed by atoms with Crippen LogP contribution in [0, 0.1) is 6.92 Å². The predicted octanol–water partition coefficient (Wildman–Crippen LogP) is 3.17. The Morgan fingerprint density at radius 1 is 1.32 bits per heavy atom. The van der Waals surface area contributed by atoms with Crippen LogP contribution in [0.15, 0.2) is 36.5 Å². The van der Waals surface area contributed by atoms with Crippen molar-refractivity contribution in [2.45, 2.75) is 25.7 Å². The number of hydrogen-bond acceptors (Lipinski definition) is 2. The molecule has 19 heavy (non-hydrogen) atoms. The van der Waals surface area contributed by atoms with Crippen LogP contribution in [0.1, 0.15) is 45.1 Å². The zero-order valence-corrected chi connectivity index (χ0v) is 10.8. The lowest BCUT2D eigenvalue weighted by Gasteiger charge is -2.15. The van der Waals surface area contributed by atoms with Gasteiger partial charge in [-0.15, -0.1) is 0 Å². The molecule has 0 aliphatic heterocycles. The van der Waals surface area contributed by atoms with Crippen molar-refractivity contribution in [3.63, 3.8) is 0 Å². The van der Waals surface area contributed by atoms with Crippen LogP contribution in [0.3, 0.4) is 0 Å². The summed E-state index contributed by atoms with van der Waals surface area (Å²) in [5, 5.41) is 9.21. The van der Waals surface area contributed by atoms with E-state index < -0.39 is 5.97 Å². The van der Waals surface area contributed by atoms with Gasteiger partial charge in [0.25, 0.3) is 0 Å². The number of hydrogen-bond donors (Lipinski definition) is 1. The van der Waals surface area contributed by atoms with Crippen molar-refractivity contribution in [2.24, 2.45) is 0 Å². The van der Waals surface area contributed by atoms with Gasteiger partial charge in [0, 0.05) is 12.1 Å². The van der Waals surface area contributed by atoms with Gasteiger partial charge in [-0.2, -0.15) is 0 Å². The zero-order valence-electron chi connectivity index (χ0n) is 10.8. The third kappa shape index (κ3) is 1.91. The van der Waals surface area contributed by atoms with E-state index >= 15 is 0 Å². The highest BCUT2D eigenvalue weighted by Crippen LogP contribution is 2.38. The van der Waals surface area contributed by atoms with Gasteiger partial charge in [0.15, 0.2) is 0 Å². The number of benzene rings is 1. The fourth-order valence-electron chi connectivity index (χ4n) is 2.98. The number of pyridine rings is 1. The molecule has 0 radical (unpaired) electrons. The summed E-state index contributed by atoms with van der Waals surface area (Å²) in [6, 6.07) is 9.58. The van der Waals surface area contributed by atoms with Gasteiger partial charge >= 0.3 is 5.97 Å². The lowest BCUT2D eigenvalue weighted by molar-refractivity contribution is 0.0696. The van der Waals surface area contributed by atoms with Crippen LogP contribution in [-0.2, 0) is 6.42 Å². The van der Waals surface area contributed by atoms with Crippen LogP contribution in [-0.4, -0.2) is 16.1 Å². The molecule has 1 aromatic carbocycles. The van der Waals surface area contributed by atoms with Gasteiger partial charge in [0.2, 0.25) is 0 Å². The molecule has 1 aromatic heterocycles. The maximum Gasteiger partial charge on any atom is 0.335 e. The van der Waals surface area contributed by atoms with E-state index in [2.05, 4.69) is 11.1 Å². The fraction of sp³-hybridized carbons (Fsp3) is 0.250. The molecule has 3 heteroatoms. The number of carboxylic acid groups (broad SMARTS) is 1. The summed E-state index contributed by atoms with van der Waals surface area (Å²) in [5.41, 5.74) is 4.73. The number of carbonyl (C=O) groups is 1. The van der Waals surface area contributed by atoms with E-state index in [0.29, 0.717) is 5.56 Å². The summed E-state index contributed by atoms with van der Waals surface area (Å²) in [6.07, 6.45) is 3.84. The topological polar surface area (TPSA) is 50.2 Å². The summed E-state index contributed by atoms with van der Waals surface area (Å²) < 4.78 is 0. The van der Waals surface area contributed by atoms with E-state index in [-0.39, 0.29) is 5.92 Å². The smallest absolute Gasteiger partial charge is 0.335 e. The molecular formula is C16H15NO2. The molecule has 0 spiro atoms. The Kier molecular flexibility index (Phi) is 2.82. The molecule has 1 heterocycles. The number of fused-ring (bicyclic) bond motifs is 1. The van der Waals surface area contributed by atoms with E-state index in [9.17, 15) is 9.90 Å². The number of carboxylic acids is 1. The molecule has 3 nitrogen and oxygen atoms in total. The third-order valence-corrected chi connectivity index (χ3v) is 3.94. The lowest BCUT2D eigenvalue weighted by atomic mass is 9.90. The highest BCUT2D eigenvalue weighted by atomic mass is 16.4. The minimum atomic E-state index is -0.862. The number of aromatic carboxylic acids is 1. The van der Waals surface area contributed by atoms with Crippen LogP contribution in [0.2, 0.25) is 0 Å². The molecular weight excluding hydrogens is 238 g/mol. The standard InChI is InChI=1S/C16H15NO2/c1-10-12(5-2-6-13(10)16(18)19)14-8-7-11-4-3-9-17-15(11)14/h2-6,9,14H,7-8H2,1H3,(H,18,19). The Labute approximate surface area is 111 Å². The van der Waals surface area contributed by atoms with Gasteiger partial charge < -0.3 is 5.11 Å². The molecule has 2 aromatic rings. The largest absolute Gasteiger partial charge is 0.478 e. The number of rotatable bonds is 2. The zero-order chi connectivity index (χ0) is 13.4.